The minimum absolute atomic E-state index is 0.643. The first kappa shape index (κ1) is 33.4. The van der Waals surface area contributed by atoms with Gasteiger partial charge in [-0.15, -0.1) is 0 Å². The summed E-state index contributed by atoms with van der Waals surface area (Å²) < 4.78 is 0. The van der Waals surface area contributed by atoms with Crippen LogP contribution < -0.4 is 0 Å². The van der Waals surface area contributed by atoms with Crippen LogP contribution in [0.1, 0.15) is 188 Å². The Morgan fingerprint density at radius 2 is 0.639 bits per heavy atom. The first-order chi connectivity index (χ1) is 17.8. The third-order valence-electron chi connectivity index (χ3n) is 8.32. The highest BCUT2D eigenvalue weighted by molar-refractivity contribution is 4.97. The van der Waals surface area contributed by atoms with Crippen LogP contribution in [0.25, 0.3) is 0 Å². The molecule has 36 heavy (non-hydrogen) atoms. The van der Waals surface area contributed by atoms with Gasteiger partial charge in [-0.05, 0) is 25.7 Å². The van der Waals surface area contributed by atoms with Gasteiger partial charge in [-0.3, -0.25) is 0 Å². The first-order valence-electron chi connectivity index (χ1n) is 17.0. The summed E-state index contributed by atoms with van der Waals surface area (Å²) in [5.41, 5.74) is 0. The van der Waals surface area contributed by atoms with Crippen LogP contribution in [0.5, 0.6) is 0 Å². The summed E-state index contributed by atoms with van der Waals surface area (Å²) in [6, 6.07) is 0. The fourth-order valence-corrected chi connectivity index (χ4v) is 5.83. The molecule has 0 N–H and O–H groups in total. The van der Waals surface area contributed by atoms with Crippen molar-refractivity contribution in [2.75, 3.05) is 13.1 Å². The number of hydrogen-bond donors (Lipinski definition) is 0. The van der Waals surface area contributed by atoms with E-state index in [0.29, 0.717) is 6.17 Å². The van der Waals surface area contributed by atoms with E-state index >= 15 is 0 Å². The Morgan fingerprint density at radius 3 is 0.972 bits per heavy atom. The van der Waals surface area contributed by atoms with Crippen LogP contribution in [0.3, 0.4) is 0 Å². The SMILES string of the molecule is CCCCCCCCCCCCCCCCN1C=CN(CCCCCCCC)C1CCCCCCC. The normalized spacial score (nSPS) is 15.5. The van der Waals surface area contributed by atoms with Gasteiger partial charge in [-0.2, -0.15) is 0 Å². The van der Waals surface area contributed by atoms with Crippen LogP contribution in [0.4, 0.5) is 0 Å². The van der Waals surface area contributed by atoms with Crippen molar-refractivity contribution in [3.05, 3.63) is 12.4 Å². The zero-order valence-corrected chi connectivity index (χ0v) is 25.4. The van der Waals surface area contributed by atoms with Crippen molar-refractivity contribution < 1.29 is 0 Å². The van der Waals surface area contributed by atoms with E-state index in [9.17, 15) is 0 Å². The van der Waals surface area contributed by atoms with Gasteiger partial charge in [0.2, 0.25) is 0 Å². The molecule has 0 bridgehead atoms. The standard InChI is InChI=1S/C34H68N2/c1-4-7-10-13-15-16-17-18-19-20-21-22-25-28-31-36-33-32-35(30-27-24-14-11-8-5-2)34(36)29-26-23-12-9-6-3/h32-34H,4-31H2,1-3H3. The average Bonchev–Trinajstić information content (AvgIpc) is 3.27. The van der Waals surface area contributed by atoms with E-state index in [0.717, 1.165) is 0 Å². The number of nitrogens with zero attached hydrogens (tertiary/aromatic N) is 2. The molecule has 1 aliphatic rings. The molecule has 0 aromatic rings. The van der Waals surface area contributed by atoms with Crippen LogP contribution in [0, 0.1) is 0 Å². The van der Waals surface area contributed by atoms with Crippen LogP contribution in [-0.4, -0.2) is 29.1 Å². The molecule has 0 spiro atoms. The maximum atomic E-state index is 2.69. The maximum absolute atomic E-state index is 2.69. The van der Waals surface area contributed by atoms with Crippen molar-refractivity contribution in [1.29, 1.82) is 0 Å². The largest absolute Gasteiger partial charge is 0.356 e. The van der Waals surface area contributed by atoms with E-state index in [-0.39, 0.29) is 0 Å². The lowest BCUT2D eigenvalue weighted by molar-refractivity contribution is 0.135. The molecule has 1 rings (SSSR count). The lowest BCUT2D eigenvalue weighted by Gasteiger charge is -2.33. The molecule has 0 amide bonds. The molecule has 1 atom stereocenters. The van der Waals surface area contributed by atoms with Gasteiger partial charge < -0.3 is 9.80 Å². The van der Waals surface area contributed by atoms with E-state index in [1.54, 1.807) is 0 Å². The third kappa shape index (κ3) is 18.6. The van der Waals surface area contributed by atoms with Crippen LogP contribution >= 0.6 is 0 Å². The van der Waals surface area contributed by atoms with Crippen molar-refractivity contribution in [3.63, 3.8) is 0 Å². The monoisotopic (exact) mass is 505 g/mol. The summed E-state index contributed by atoms with van der Waals surface area (Å²) in [7, 11) is 0. The highest BCUT2D eigenvalue weighted by Gasteiger charge is 2.24. The molecule has 0 fully saturated rings. The van der Waals surface area contributed by atoms with Gasteiger partial charge in [-0.25, -0.2) is 0 Å². The minimum Gasteiger partial charge on any atom is -0.356 e. The van der Waals surface area contributed by atoms with Gasteiger partial charge in [0, 0.05) is 25.5 Å². The molecule has 0 aromatic carbocycles. The Labute approximate surface area is 229 Å². The van der Waals surface area contributed by atoms with Crippen molar-refractivity contribution >= 4 is 0 Å². The summed E-state index contributed by atoms with van der Waals surface area (Å²) in [4.78, 5) is 5.38. The molecule has 0 saturated heterocycles. The molecule has 0 aliphatic carbocycles. The van der Waals surface area contributed by atoms with E-state index in [1.807, 2.05) is 0 Å². The molecule has 0 radical (unpaired) electrons. The van der Waals surface area contributed by atoms with Crippen molar-refractivity contribution in [2.24, 2.45) is 0 Å². The van der Waals surface area contributed by atoms with Crippen LogP contribution in [0.15, 0.2) is 12.4 Å². The van der Waals surface area contributed by atoms with Gasteiger partial charge in [0.1, 0.15) is 6.17 Å². The second-order valence-corrected chi connectivity index (χ2v) is 11.8. The zero-order chi connectivity index (χ0) is 25.9. The van der Waals surface area contributed by atoms with E-state index in [4.69, 9.17) is 0 Å². The number of rotatable bonds is 28. The molecule has 0 saturated carbocycles. The lowest BCUT2D eigenvalue weighted by atomic mass is 10.0. The molecule has 214 valence electrons. The second-order valence-electron chi connectivity index (χ2n) is 11.8. The van der Waals surface area contributed by atoms with Crippen LogP contribution in [-0.2, 0) is 0 Å². The van der Waals surface area contributed by atoms with Crippen LogP contribution in [0.2, 0.25) is 0 Å². The van der Waals surface area contributed by atoms with Gasteiger partial charge in [0.05, 0.1) is 0 Å². The topological polar surface area (TPSA) is 6.48 Å². The summed E-state index contributed by atoms with van der Waals surface area (Å²) in [6.07, 6.45) is 42.5. The summed E-state index contributed by atoms with van der Waals surface area (Å²) in [5.74, 6) is 0. The molecular formula is C34H68N2. The van der Waals surface area contributed by atoms with E-state index in [2.05, 4.69) is 43.0 Å². The Morgan fingerprint density at radius 1 is 0.361 bits per heavy atom. The Bertz CT molecular complexity index is 460. The fourth-order valence-electron chi connectivity index (χ4n) is 5.83. The highest BCUT2D eigenvalue weighted by atomic mass is 15.4. The Balaban J connectivity index is 2.13. The fraction of sp³-hybridized carbons (Fsp3) is 0.941. The maximum Gasteiger partial charge on any atom is 0.101 e. The lowest BCUT2D eigenvalue weighted by Crippen LogP contribution is -2.39. The summed E-state index contributed by atoms with van der Waals surface area (Å²) >= 11 is 0. The molecule has 2 heteroatoms. The average molecular weight is 505 g/mol. The number of hydrogen-bond acceptors (Lipinski definition) is 2. The zero-order valence-electron chi connectivity index (χ0n) is 25.4. The molecule has 1 unspecified atom stereocenters. The van der Waals surface area contributed by atoms with E-state index < -0.39 is 0 Å². The predicted octanol–water partition coefficient (Wildman–Crippen LogP) is 11.6. The quantitative estimate of drug-likeness (QED) is 0.0977. The van der Waals surface area contributed by atoms with Gasteiger partial charge >= 0.3 is 0 Å². The second kappa shape index (κ2) is 26.0. The van der Waals surface area contributed by atoms with Gasteiger partial charge in [-0.1, -0.05) is 162 Å². The van der Waals surface area contributed by atoms with Crippen molar-refractivity contribution in [3.8, 4) is 0 Å². The molecule has 1 heterocycles. The molecular weight excluding hydrogens is 436 g/mol. The smallest absolute Gasteiger partial charge is 0.101 e. The number of unbranched alkanes of at least 4 members (excludes halogenated alkanes) is 22. The minimum atomic E-state index is 0.643. The Hall–Kier alpha value is -0.660. The molecule has 1 aliphatic heterocycles. The molecule has 2 nitrogen and oxygen atoms in total. The van der Waals surface area contributed by atoms with Gasteiger partial charge in [0.25, 0.3) is 0 Å². The van der Waals surface area contributed by atoms with E-state index in [1.165, 1.54) is 180 Å². The first-order valence-corrected chi connectivity index (χ1v) is 17.0. The summed E-state index contributed by atoms with van der Waals surface area (Å²) in [5, 5.41) is 0. The highest BCUT2D eigenvalue weighted by Crippen LogP contribution is 2.24. The van der Waals surface area contributed by atoms with Gasteiger partial charge in [0.15, 0.2) is 0 Å². The Kier molecular flexibility index (Phi) is 24.1. The molecule has 0 aromatic heterocycles. The van der Waals surface area contributed by atoms with Crippen molar-refractivity contribution in [1.82, 2.24) is 9.80 Å². The van der Waals surface area contributed by atoms with Crippen molar-refractivity contribution in [2.45, 2.75) is 194 Å². The predicted molar refractivity (Wildman–Crippen MR) is 163 cm³/mol. The third-order valence-corrected chi connectivity index (χ3v) is 8.32. The summed E-state index contributed by atoms with van der Waals surface area (Å²) in [6.45, 7) is 9.47.